The van der Waals surface area contributed by atoms with Crippen molar-refractivity contribution in [3.05, 3.63) is 22.8 Å². The van der Waals surface area contributed by atoms with Crippen LogP contribution in [0.3, 0.4) is 0 Å². The Labute approximate surface area is 167 Å². The molecule has 0 radical (unpaired) electrons. The van der Waals surface area contributed by atoms with Crippen molar-refractivity contribution in [3.63, 3.8) is 0 Å². The predicted octanol–water partition coefficient (Wildman–Crippen LogP) is 3.81. The van der Waals surface area contributed by atoms with Crippen LogP contribution in [0.25, 0.3) is 0 Å². The second-order valence-electron chi connectivity index (χ2n) is 8.33. The summed E-state index contributed by atoms with van der Waals surface area (Å²) in [5.41, 5.74) is 0.617. The number of pyridine rings is 1. The van der Waals surface area contributed by atoms with E-state index >= 15 is 0 Å². The van der Waals surface area contributed by atoms with Crippen LogP contribution in [0, 0.1) is 0 Å². The maximum atomic E-state index is 12.7. The maximum absolute atomic E-state index is 12.7. The molecule has 1 atom stereocenters. The van der Waals surface area contributed by atoms with Gasteiger partial charge in [0.1, 0.15) is 5.82 Å². The molecule has 0 N–H and O–H groups in total. The standard InChI is InChI=1S/C21H31ClN4O/c1-16-6-5-11-26(16)18-7-12-24(13-8-18)20-19(22)14-17(15-23-20)21(27)25-9-3-2-4-10-25/h14-16,18H,2-13H2,1H3. The zero-order chi connectivity index (χ0) is 18.8. The van der Waals surface area contributed by atoms with Gasteiger partial charge in [0.15, 0.2) is 0 Å². The molecule has 1 amide bonds. The number of carbonyl (C=O) groups excluding carboxylic acids is 1. The molecule has 0 saturated carbocycles. The smallest absolute Gasteiger partial charge is 0.255 e. The number of anilines is 1. The van der Waals surface area contributed by atoms with E-state index in [1.807, 2.05) is 11.0 Å². The highest BCUT2D eigenvalue weighted by Crippen LogP contribution is 2.30. The number of rotatable bonds is 3. The second-order valence-corrected chi connectivity index (χ2v) is 8.74. The SMILES string of the molecule is CC1CCCN1C1CCN(c2ncc(C(=O)N3CCCCC3)cc2Cl)CC1. The maximum Gasteiger partial charge on any atom is 0.255 e. The molecule has 4 rings (SSSR count). The van der Waals surface area contributed by atoms with Crippen LogP contribution in [-0.2, 0) is 0 Å². The van der Waals surface area contributed by atoms with Crippen molar-refractivity contribution in [3.8, 4) is 0 Å². The van der Waals surface area contributed by atoms with Crippen molar-refractivity contribution in [1.82, 2.24) is 14.8 Å². The number of carbonyl (C=O) groups is 1. The monoisotopic (exact) mass is 390 g/mol. The molecular weight excluding hydrogens is 360 g/mol. The van der Waals surface area contributed by atoms with Crippen molar-refractivity contribution < 1.29 is 4.79 Å². The van der Waals surface area contributed by atoms with Crippen molar-refractivity contribution in [2.45, 2.75) is 64.0 Å². The van der Waals surface area contributed by atoms with Gasteiger partial charge in [0.25, 0.3) is 5.91 Å². The number of hydrogen-bond acceptors (Lipinski definition) is 4. The molecule has 1 aromatic heterocycles. The zero-order valence-electron chi connectivity index (χ0n) is 16.4. The van der Waals surface area contributed by atoms with Crippen molar-refractivity contribution in [2.75, 3.05) is 37.6 Å². The number of likely N-dealkylation sites (tertiary alicyclic amines) is 2. The highest BCUT2D eigenvalue weighted by molar-refractivity contribution is 6.33. The average Bonchev–Trinajstić information content (AvgIpc) is 3.14. The van der Waals surface area contributed by atoms with E-state index < -0.39 is 0 Å². The Balaban J connectivity index is 1.39. The molecule has 0 bridgehead atoms. The topological polar surface area (TPSA) is 39.7 Å². The molecule has 6 heteroatoms. The van der Waals surface area contributed by atoms with E-state index in [4.69, 9.17) is 11.6 Å². The summed E-state index contributed by atoms with van der Waals surface area (Å²) >= 11 is 6.55. The molecule has 0 aromatic carbocycles. The van der Waals surface area contributed by atoms with E-state index in [0.717, 1.165) is 63.7 Å². The van der Waals surface area contributed by atoms with Crippen LogP contribution in [0.15, 0.2) is 12.3 Å². The predicted molar refractivity (Wildman–Crippen MR) is 110 cm³/mol. The first kappa shape index (κ1) is 19.0. The van der Waals surface area contributed by atoms with Gasteiger partial charge in [0, 0.05) is 44.5 Å². The Kier molecular flexibility index (Phi) is 5.88. The fraction of sp³-hybridized carbons (Fsp3) is 0.714. The Bertz CT molecular complexity index is 668. The minimum atomic E-state index is 0.0670. The summed E-state index contributed by atoms with van der Waals surface area (Å²) in [4.78, 5) is 24.2. The fourth-order valence-electron chi connectivity index (χ4n) is 4.97. The summed E-state index contributed by atoms with van der Waals surface area (Å²) in [6, 6.07) is 3.23. The number of aromatic nitrogens is 1. The highest BCUT2D eigenvalue weighted by Gasteiger charge is 2.31. The summed E-state index contributed by atoms with van der Waals surface area (Å²) in [6.45, 7) is 7.27. The van der Waals surface area contributed by atoms with E-state index in [2.05, 4.69) is 21.7 Å². The molecule has 0 spiro atoms. The number of amides is 1. The van der Waals surface area contributed by atoms with Crippen molar-refractivity contribution >= 4 is 23.3 Å². The lowest BCUT2D eigenvalue weighted by molar-refractivity contribution is 0.0724. The molecule has 3 fully saturated rings. The molecule has 1 aromatic rings. The lowest BCUT2D eigenvalue weighted by Crippen LogP contribution is -2.46. The zero-order valence-corrected chi connectivity index (χ0v) is 17.1. The van der Waals surface area contributed by atoms with Gasteiger partial charge >= 0.3 is 0 Å². The first-order valence-electron chi connectivity index (χ1n) is 10.6. The molecule has 148 valence electrons. The minimum Gasteiger partial charge on any atom is -0.355 e. The summed E-state index contributed by atoms with van der Waals surface area (Å²) in [6.07, 6.45) is 10.1. The van der Waals surface area contributed by atoms with E-state index in [-0.39, 0.29) is 5.91 Å². The summed E-state index contributed by atoms with van der Waals surface area (Å²) < 4.78 is 0. The van der Waals surface area contributed by atoms with Gasteiger partial charge in [0.2, 0.25) is 0 Å². The van der Waals surface area contributed by atoms with Gasteiger partial charge in [-0.2, -0.15) is 0 Å². The number of hydrogen-bond donors (Lipinski definition) is 0. The fourth-order valence-corrected chi connectivity index (χ4v) is 5.25. The Hall–Kier alpha value is -1.33. The van der Waals surface area contributed by atoms with Gasteiger partial charge < -0.3 is 9.80 Å². The third-order valence-corrected chi connectivity index (χ3v) is 6.83. The molecule has 3 aliphatic rings. The van der Waals surface area contributed by atoms with Crippen molar-refractivity contribution in [1.29, 1.82) is 0 Å². The first-order valence-corrected chi connectivity index (χ1v) is 11.0. The molecule has 3 saturated heterocycles. The Morgan fingerprint density at radius 3 is 2.41 bits per heavy atom. The lowest BCUT2D eigenvalue weighted by Gasteiger charge is -2.39. The van der Waals surface area contributed by atoms with Gasteiger partial charge in [-0.1, -0.05) is 11.6 Å². The van der Waals surface area contributed by atoms with Crippen LogP contribution >= 0.6 is 11.6 Å². The molecule has 5 nitrogen and oxygen atoms in total. The first-order chi connectivity index (χ1) is 13.1. The second kappa shape index (κ2) is 8.36. The molecule has 27 heavy (non-hydrogen) atoms. The van der Waals surface area contributed by atoms with Crippen LogP contribution in [0.4, 0.5) is 5.82 Å². The largest absolute Gasteiger partial charge is 0.355 e. The van der Waals surface area contributed by atoms with E-state index in [9.17, 15) is 4.79 Å². The molecule has 3 aliphatic heterocycles. The summed E-state index contributed by atoms with van der Waals surface area (Å²) in [5.74, 6) is 0.900. The van der Waals surface area contributed by atoms with Crippen molar-refractivity contribution in [2.24, 2.45) is 0 Å². The van der Waals surface area contributed by atoms with E-state index in [0.29, 0.717) is 16.6 Å². The van der Waals surface area contributed by atoms with E-state index in [1.165, 1.54) is 25.8 Å². The van der Waals surface area contributed by atoms with Gasteiger partial charge in [-0.05, 0) is 64.5 Å². The minimum absolute atomic E-state index is 0.0670. The quantitative estimate of drug-likeness (QED) is 0.786. The summed E-state index contributed by atoms with van der Waals surface area (Å²) in [7, 11) is 0. The van der Waals surface area contributed by atoms with Gasteiger partial charge in [-0.15, -0.1) is 0 Å². The third kappa shape index (κ3) is 4.09. The van der Waals surface area contributed by atoms with Gasteiger partial charge in [-0.25, -0.2) is 4.98 Å². The number of nitrogens with zero attached hydrogens (tertiary/aromatic N) is 4. The van der Waals surface area contributed by atoms with Gasteiger partial charge in [0.05, 0.1) is 10.6 Å². The summed E-state index contributed by atoms with van der Waals surface area (Å²) in [5, 5.41) is 0.603. The highest BCUT2D eigenvalue weighted by atomic mass is 35.5. The van der Waals surface area contributed by atoms with Crippen LogP contribution in [0.1, 0.15) is 62.2 Å². The molecule has 1 unspecified atom stereocenters. The molecule has 4 heterocycles. The third-order valence-electron chi connectivity index (χ3n) is 6.55. The van der Waals surface area contributed by atoms with E-state index in [1.54, 1.807) is 6.20 Å². The normalized spacial score (nSPS) is 25.2. The van der Waals surface area contributed by atoms with Gasteiger partial charge in [-0.3, -0.25) is 9.69 Å². The van der Waals surface area contributed by atoms with Crippen LogP contribution in [0.2, 0.25) is 5.02 Å². The van der Waals surface area contributed by atoms with Crippen LogP contribution in [-0.4, -0.2) is 65.5 Å². The average molecular weight is 391 g/mol. The Morgan fingerprint density at radius 1 is 1.04 bits per heavy atom. The Morgan fingerprint density at radius 2 is 1.78 bits per heavy atom. The lowest BCUT2D eigenvalue weighted by atomic mass is 10.0. The van der Waals surface area contributed by atoms with Crippen LogP contribution < -0.4 is 4.90 Å². The van der Waals surface area contributed by atoms with Crippen LogP contribution in [0.5, 0.6) is 0 Å². The molecular formula is C21H31ClN4O. The molecule has 0 aliphatic carbocycles. The number of halogens is 1. The number of piperidine rings is 2.